The van der Waals surface area contributed by atoms with E-state index in [1.165, 1.54) is 0 Å². The van der Waals surface area contributed by atoms with Gasteiger partial charge in [0.05, 0.1) is 11.7 Å². The first kappa shape index (κ1) is 17.5. The van der Waals surface area contributed by atoms with Crippen LogP contribution in [0.25, 0.3) is 0 Å². The molecule has 1 aliphatic heterocycles. The molecule has 0 fully saturated rings. The summed E-state index contributed by atoms with van der Waals surface area (Å²) in [6.07, 6.45) is 1.08. The van der Waals surface area contributed by atoms with E-state index in [1.54, 1.807) is 11.8 Å². The number of aliphatic carboxylic acids is 1. The summed E-state index contributed by atoms with van der Waals surface area (Å²) in [7, 11) is 0. The Morgan fingerprint density at radius 2 is 1.92 bits per heavy atom. The monoisotopic (exact) mass is 356 g/mol. The van der Waals surface area contributed by atoms with Gasteiger partial charge in [-0.2, -0.15) is 0 Å². The van der Waals surface area contributed by atoms with Gasteiger partial charge in [-0.25, -0.2) is 0 Å². The maximum absolute atomic E-state index is 12.4. The summed E-state index contributed by atoms with van der Waals surface area (Å²) in [6.45, 7) is 0. The van der Waals surface area contributed by atoms with Crippen LogP contribution in [0.3, 0.4) is 0 Å². The number of thioether (sulfide) groups is 1. The number of carboxylic acid groups (broad SMARTS) is 1. The first-order chi connectivity index (χ1) is 12.1. The van der Waals surface area contributed by atoms with Gasteiger partial charge in [0, 0.05) is 10.6 Å². The minimum absolute atomic E-state index is 0.191. The molecule has 0 radical (unpaired) electrons. The molecule has 2 unspecified atom stereocenters. The van der Waals surface area contributed by atoms with Crippen molar-refractivity contribution in [3.05, 3.63) is 60.2 Å². The second kappa shape index (κ2) is 8.18. The minimum Gasteiger partial charge on any atom is -0.480 e. The summed E-state index contributed by atoms with van der Waals surface area (Å²) >= 11 is 1.55. The topological polar surface area (TPSA) is 78.4 Å². The summed E-state index contributed by atoms with van der Waals surface area (Å²) < 4.78 is 0. The van der Waals surface area contributed by atoms with Gasteiger partial charge in [0.15, 0.2) is 0 Å². The highest BCUT2D eigenvalue weighted by Gasteiger charge is 2.28. The quantitative estimate of drug-likeness (QED) is 0.742. The molecule has 0 spiro atoms. The molecule has 0 bridgehead atoms. The van der Waals surface area contributed by atoms with Crippen LogP contribution >= 0.6 is 11.8 Å². The number of amides is 1. The predicted molar refractivity (Wildman–Crippen MR) is 98.9 cm³/mol. The molecule has 1 aliphatic rings. The molecule has 25 heavy (non-hydrogen) atoms. The van der Waals surface area contributed by atoms with Gasteiger partial charge in [-0.1, -0.05) is 42.5 Å². The SMILES string of the molecule is O=C(O)C(CCc1ccccc1)NC1CSc2ccccc2NC1=O. The highest BCUT2D eigenvalue weighted by atomic mass is 32.2. The number of carbonyl (C=O) groups is 2. The first-order valence-electron chi connectivity index (χ1n) is 8.19. The lowest BCUT2D eigenvalue weighted by Crippen LogP contribution is -2.50. The normalized spacial score (nSPS) is 17.9. The van der Waals surface area contributed by atoms with E-state index in [0.29, 0.717) is 18.6 Å². The number of hydrogen-bond acceptors (Lipinski definition) is 4. The third kappa shape index (κ3) is 4.61. The molecule has 1 amide bonds. The number of anilines is 1. The zero-order valence-electron chi connectivity index (χ0n) is 13.6. The van der Waals surface area contributed by atoms with E-state index in [1.807, 2.05) is 54.6 Å². The molecule has 5 nitrogen and oxygen atoms in total. The number of aryl methyl sites for hydroxylation is 1. The number of fused-ring (bicyclic) bond motifs is 1. The van der Waals surface area contributed by atoms with Crippen LogP contribution in [0.15, 0.2) is 59.5 Å². The lowest BCUT2D eigenvalue weighted by Gasteiger charge is -2.20. The summed E-state index contributed by atoms with van der Waals surface area (Å²) in [4.78, 5) is 25.0. The first-order valence-corrected chi connectivity index (χ1v) is 9.17. The maximum Gasteiger partial charge on any atom is 0.320 e. The molecule has 3 N–H and O–H groups in total. The molecule has 6 heteroatoms. The molecule has 130 valence electrons. The maximum atomic E-state index is 12.4. The zero-order chi connectivity index (χ0) is 17.6. The van der Waals surface area contributed by atoms with E-state index in [4.69, 9.17) is 0 Å². The van der Waals surface area contributed by atoms with Crippen molar-refractivity contribution in [1.29, 1.82) is 0 Å². The smallest absolute Gasteiger partial charge is 0.320 e. The Bertz CT molecular complexity index is 751. The third-order valence-corrected chi connectivity index (χ3v) is 5.30. The van der Waals surface area contributed by atoms with Gasteiger partial charge < -0.3 is 10.4 Å². The van der Waals surface area contributed by atoms with Gasteiger partial charge in [-0.15, -0.1) is 11.8 Å². The molecule has 0 saturated carbocycles. The number of benzene rings is 2. The van der Waals surface area contributed by atoms with Crippen LogP contribution in [0.1, 0.15) is 12.0 Å². The molecule has 1 heterocycles. The zero-order valence-corrected chi connectivity index (χ0v) is 14.5. The van der Waals surface area contributed by atoms with E-state index >= 15 is 0 Å². The van der Waals surface area contributed by atoms with Crippen molar-refractivity contribution < 1.29 is 14.7 Å². The largest absolute Gasteiger partial charge is 0.480 e. The fraction of sp³-hybridized carbons (Fsp3) is 0.263. The molecule has 0 saturated heterocycles. The number of para-hydroxylation sites is 1. The van der Waals surface area contributed by atoms with Crippen molar-refractivity contribution in [1.82, 2.24) is 5.32 Å². The number of rotatable bonds is 6. The van der Waals surface area contributed by atoms with E-state index in [9.17, 15) is 14.7 Å². The second-order valence-corrected chi connectivity index (χ2v) is 6.99. The summed E-state index contributed by atoms with van der Waals surface area (Å²) in [5.41, 5.74) is 1.86. The van der Waals surface area contributed by atoms with Crippen LogP contribution in [0.2, 0.25) is 0 Å². The Kier molecular flexibility index (Phi) is 5.73. The standard InChI is InChI=1S/C19H20N2O3S/c22-18-16(12-25-17-9-5-4-8-14(17)21-18)20-15(19(23)24)11-10-13-6-2-1-3-7-13/h1-9,15-16,20H,10-12H2,(H,21,22)(H,23,24). The lowest BCUT2D eigenvalue weighted by molar-refractivity contribution is -0.140. The Balaban J connectivity index is 1.64. The van der Waals surface area contributed by atoms with Crippen molar-refractivity contribution in [2.75, 3.05) is 11.1 Å². The molecule has 2 aromatic rings. The molecule has 2 aromatic carbocycles. The van der Waals surface area contributed by atoms with Crippen molar-refractivity contribution in [2.45, 2.75) is 29.8 Å². The Labute approximate surface area is 150 Å². The van der Waals surface area contributed by atoms with Gasteiger partial charge in [0.2, 0.25) is 5.91 Å². The number of hydrogen-bond donors (Lipinski definition) is 3. The van der Waals surface area contributed by atoms with E-state index in [-0.39, 0.29) is 5.91 Å². The fourth-order valence-electron chi connectivity index (χ4n) is 2.76. The van der Waals surface area contributed by atoms with E-state index < -0.39 is 18.1 Å². The average molecular weight is 356 g/mol. The van der Waals surface area contributed by atoms with Crippen LogP contribution < -0.4 is 10.6 Å². The summed E-state index contributed by atoms with van der Waals surface area (Å²) in [6, 6.07) is 16.0. The van der Waals surface area contributed by atoms with Crippen LogP contribution in [-0.2, 0) is 16.0 Å². The van der Waals surface area contributed by atoms with Crippen molar-refractivity contribution >= 4 is 29.3 Å². The Morgan fingerprint density at radius 1 is 1.20 bits per heavy atom. The van der Waals surface area contributed by atoms with Gasteiger partial charge >= 0.3 is 5.97 Å². The van der Waals surface area contributed by atoms with Crippen molar-refractivity contribution in [2.24, 2.45) is 0 Å². The lowest BCUT2D eigenvalue weighted by atomic mass is 10.0. The minimum atomic E-state index is -0.935. The van der Waals surface area contributed by atoms with Crippen LogP contribution in [0.4, 0.5) is 5.69 Å². The van der Waals surface area contributed by atoms with Gasteiger partial charge in [-0.3, -0.25) is 14.9 Å². The van der Waals surface area contributed by atoms with Crippen LogP contribution in [-0.4, -0.2) is 34.8 Å². The molecule has 0 aliphatic carbocycles. The number of nitrogens with one attached hydrogen (secondary N) is 2. The average Bonchev–Trinajstić information content (AvgIpc) is 2.78. The molecule has 0 aromatic heterocycles. The Morgan fingerprint density at radius 3 is 2.68 bits per heavy atom. The molecular formula is C19H20N2O3S. The Hall–Kier alpha value is -2.31. The second-order valence-electron chi connectivity index (χ2n) is 5.93. The predicted octanol–water partition coefficient (Wildman–Crippen LogP) is 2.78. The molecule has 2 atom stereocenters. The van der Waals surface area contributed by atoms with Crippen molar-refractivity contribution in [3.8, 4) is 0 Å². The third-order valence-electron chi connectivity index (χ3n) is 4.13. The van der Waals surface area contributed by atoms with Gasteiger partial charge in [0.1, 0.15) is 6.04 Å². The van der Waals surface area contributed by atoms with E-state index in [0.717, 1.165) is 16.1 Å². The summed E-state index contributed by atoms with van der Waals surface area (Å²) in [5, 5.41) is 15.4. The van der Waals surface area contributed by atoms with Gasteiger partial charge in [-0.05, 0) is 30.5 Å². The van der Waals surface area contributed by atoms with Crippen LogP contribution in [0.5, 0.6) is 0 Å². The van der Waals surface area contributed by atoms with E-state index in [2.05, 4.69) is 10.6 Å². The number of carboxylic acids is 1. The van der Waals surface area contributed by atoms with Crippen molar-refractivity contribution in [3.63, 3.8) is 0 Å². The highest BCUT2D eigenvalue weighted by Crippen LogP contribution is 2.30. The molecular weight excluding hydrogens is 336 g/mol. The molecule has 3 rings (SSSR count). The highest BCUT2D eigenvalue weighted by molar-refractivity contribution is 7.99. The summed E-state index contributed by atoms with van der Waals surface area (Å²) in [5.74, 6) is -0.628. The fourth-order valence-corrected chi connectivity index (χ4v) is 3.81. The van der Waals surface area contributed by atoms with Crippen LogP contribution in [0, 0.1) is 0 Å². The number of carbonyl (C=O) groups excluding carboxylic acids is 1. The van der Waals surface area contributed by atoms with Gasteiger partial charge in [0.25, 0.3) is 0 Å².